The van der Waals surface area contributed by atoms with Gasteiger partial charge in [-0.25, -0.2) is 0 Å². The summed E-state index contributed by atoms with van der Waals surface area (Å²) in [5, 5.41) is 3.37. The molecule has 0 aromatic heterocycles. The molecule has 3 nitrogen and oxygen atoms in total. The van der Waals surface area contributed by atoms with E-state index in [1.165, 1.54) is 11.3 Å². The van der Waals surface area contributed by atoms with Crippen LogP contribution in [0, 0.1) is 5.92 Å². The van der Waals surface area contributed by atoms with Crippen molar-refractivity contribution >= 4 is 5.69 Å². The molecule has 1 saturated heterocycles. The third kappa shape index (κ3) is 1.67. The van der Waals surface area contributed by atoms with E-state index in [1.807, 2.05) is 6.07 Å². The highest BCUT2D eigenvalue weighted by Crippen LogP contribution is 2.32. The zero-order valence-electron chi connectivity index (χ0n) is 8.66. The highest BCUT2D eigenvalue weighted by molar-refractivity contribution is 5.65. The molecular weight excluding hydrogens is 190 g/mol. The van der Waals surface area contributed by atoms with E-state index in [2.05, 4.69) is 17.4 Å². The molecule has 0 unspecified atom stereocenters. The minimum absolute atomic E-state index is 0.585. The lowest BCUT2D eigenvalue weighted by Gasteiger charge is -2.26. The Labute approximate surface area is 89.4 Å². The average molecular weight is 205 g/mol. The monoisotopic (exact) mass is 205 g/mol. The van der Waals surface area contributed by atoms with Crippen molar-refractivity contribution in [3.05, 3.63) is 23.8 Å². The van der Waals surface area contributed by atoms with Crippen LogP contribution < -0.4 is 10.1 Å². The number of fused-ring (bicyclic) bond motifs is 1. The van der Waals surface area contributed by atoms with Crippen LogP contribution in [0.1, 0.15) is 5.56 Å². The van der Waals surface area contributed by atoms with Crippen molar-refractivity contribution in [3.8, 4) is 5.75 Å². The second kappa shape index (κ2) is 3.74. The van der Waals surface area contributed by atoms with Crippen molar-refractivity contribution in [3.63, 3.8) is 0 Å². The summed E-state index contributed by atoms with van der Waals surface area (Å²) in [5.74, 6) is 1.58. The summed E-state index contributed by atoms with van der Waals surface area (Å²) in [6, 6.07) is 6.27. The fourth-order valence-electron chi connectivity index (χ4n) is 2.02. The first kappa shape index (κ1) is 9.04. The van der Waals surface area contributed by atoms with Gasteiger partial charge in [-0.2, -0.15) is 0 Å². The second-order valence-electron chi connectivity index (χ2n) is 4.18. The molecule has 1 aromatic carbocycles. The van der Waals surface area contributed by atoms with Crippen LogP contribution in [-0.2, 0) is 11.2 Å². The minimum Gasteiger partial charge on any atom is -0.491 e. The van der Waals surface area contributed by atoms with Crippen LogP contribution in [0.25, 0.3) is 0 Å². The lowest BCUT2D eigenvalue weighted by atomic mass is 10.1. The number of benzene rings is 1. The van der Waals surface area contributed by atoms with Crippen molar-refractivity contribution in [2.45, 2.75) is 6.42 Å². The molecule has 1 aromatic rings. The molecule has 2 aliphatic heterocycles. The smallest absolute Gasteiger partial charge is 0.142 e. The third-order valence-electron chi connectivity index (χ3n) is 2.99. The Morgan fingerprint density at radius 3 is 3.13 bits per heavy atom. The maximum Gasteiger partial charge on any atom is 0.142 e. The number of anilines is 1. The molecule has 3 rings (SSSR count). The Kier molecular flexibility index (Phi) is 2.25. The Morgan fingerprint density at radius 2 is 2.33 bits per heavy atom. The number of rotatable bonds is 3. The number of ether oxygens (including phenoxy) is 2. The molecule has 0 aliphatic carbocycles. The number of para-hydroxylation sites is 1. The zero-order valence-corrected chi connectivity index (χ0v) is 8.66. The number of hydrogen-bond donors (Lipinski definition) is 1. The maximum absolute atomic E-state index is 5.81. The predicted molar refractivity (Wildman–Crippen MR) is 58.4 cm³/mol. The van der Waals surface area contributed by atoms with Gasteiger partial charge in [-0.05, 0) is 18.1 Å². The van der Waals surface area contributed by atoms with E-state index < -0.39 is 0 Å². The molecule has 2 aliphatic rings. The van der Waals surface area contributed by atoms with Gasteiger partial charge in [-0.15, -0.1) is 0 Å². The fraction of sp³-hybridized carbons (Fsp3) is 0.500. The zero-order chi connectivity index (χ0) is 10.1. The van der Waals surface area contributed by atoms with Crippen molar-refractivity contribution in [1.29, 1.82) is 0 Å². The Morgan fingerprint density at radius 1 is 1.40 bits per heavy atom. The first-order valence-electron chi connectivity index (χ1n) is 5.50. The molecular formula is C12H15NO2. The van der Waals surface area contributed by atoms with E-state index >= 15 is 0 Å². The van der Waals surface area contributed by atoms with E-state index in [9.17, 15) is 0 Å². The summed E-state index contributed by atoms with van der Waals surface area (Å²) in [4.78, 5) is 0. The summed E-state index contributed by atoms with van der Waals surface area (Å²) in [7, 11) is 0. The van der Waals surface area contributed by atoms with Gasteiger partial charge in [0.2, 0.25) is 0 Å². The predicted octanol–water partition coefficient (Wildman–Crippen LogP) is 1.68. The van der Waals surface area contributed by atoms with E-state index in [0.717, 1.165) is 38.5 Å². The Balaban J connectivity index is 1.71. The van der Waals surface area contributed by atoms with Gasteiger partial charge in [0.15, 0.2) is 0 Å². The van der Waals surface area contributed by atoms with Crippen LogP contribution in [0.2, 0.25) is 0 Å². The lowest BCUT2D eigenvalue weighted by molar-refractivity contribution is -0.0507. The van der Waals surface area contributed by atoms with Crippen molar-refractivity contribution in [2.24, 2.45) is 5.92 Å². The van der Waals surface area contributed by atoms with Crippen LogP contribution in [0.5, 0.6) is 5.75 Å². The normalized spacial score (nSPS) is 19.2. The van der Waals surface area contributed by atoms with Gasteiger partial charge in [0, 0.05) is 12.5 Å². The lowest BCUT2D eigenvalue weighted by Crippen LogP contribution is -2.32. The van der Waals surface area contributed by atoms with Crippen LogP contribution in [0.3, 0.4) is 0 Å². The van der Waals surface area contributed by atoms with Gasteiger partial charge in [-0.3, -0.25) is 0 Å². The van der Waals surface area contributed by atoms with Gasteiger partial charge < -0.3 is 14.8 Å². The van der Waals surface area contributed by atoms with E-state index in [-0.39, 0.29) is 0 Å². The van der Waals surface area contributed by atoms with Crippen molar-refractivity contribution in [1.82, 2.24) is 0 Å². The molecule has 2 heterocycles. The molecule has 1 fully saturated rings. The fourth-order valence-corrected chi connectivity index (χ4v) is 2.02. The Bertz CT molecular complexity index is 361. The molecule has 0 amide bonds. The number of hydrogen-bond acceptors (Lipinski definition) is 3. The second-order valence-corrected chi connectivity index (χ2v) is 4.18. The third-order valence-corrected chi connectivity index (χ3v) is 2.99. The SMILES string of the molecule is c1cc2c(c(OCC3COC3)c1)NCC2. The van der Waals surface area contributed by atoms with Crippen LogP contribution in [-0.4, -0.2) is 26.4 Å². The van der Waals surface area contributed by atoms with Crippen molar-refractivity contribution in [2.75, 3.05) is 31.7 Å². The number of nitrogens with one attached hydrogen (secondary N) is 1. The first-order chi connectivity index (χ1) is 7.43. The summed E-state index contributed by atoms with van der Waals surface area (Å²) in [6.45, 7) is 3.51. The van der Waals surface area contributed by atoms with Crippen LogP contribution in [0.15, 0.2) is 18.2 Å². The highest BCUT2D eigenvalue weighted by atomic mass is 16.5. The molecule has 80 valence electrons. The molecule has 0 bridgehead atoms. The molecule has 1 N–H and O–H groups in total. The van der Waals surface area contributed by atoms with Gasteiger partial charge in [0.25, 0.3) is 0 Å². The standard InChI is InChI=1S/C12H15NO2/c1-2-10-4-5-13-12(10)11(3-1)15-8-9-6-14-7-9/h1-3,9,13H,4-8H2. The summed E-state index contributed by atoms with van der Waals surface area (Å²) in [5.41, 5.74) is 2.56. The average Bonchev–Trinajstić information content (AvgIpc) is 2.63. The largest absolute Gasteiger partial charge is 0.491 e. The maximum atomic E-state index is 5.81. The molecule has 0 radical (unpaired) electrons. The van der Waals surface area contributed by atoms with E-state index in [0.29, 0.717) is 5.92 Å². The summed E-state index contributed by atoms with van der Waals surface area (Å²) in [6.07, 6.45) is 1.11. The minimum atomic E-state index is 0.585. The van der Waals surface area contributed by atoms with E-state index in [1.54, 1.807) is 0 Å². The quantitative estimate of drug-likeness (QED) is 0.814. The molecule has 3 heteroatoms. The van der Waals surface area contributed by atoms with Gasteiger partial charge in [0.1, 0.15) is 5.75 Å². The van der Waals surface area contributed by atoms with Crippen LogP contribution >= 0.6 is 0 Å². The van der Waals surface area contributed by atoms with Crippen molar-refractivity contribution < 1.29 is 9.47 Å². The van der Waals surface area contributed by atoms with Gasteiger partial charge in [-0.1, -0.05) is 12.1 Å². The van der Waals surface area contributed by atoms with E-state index in [4.69, 9.17) is 9.47 Å². The first-order valence-corrected chi connectivity index (χ1v) is 5.50. The Hall–Kier alpha value is -1.22. The van der Waals surface area contributed by atoms with Crippen LogP contribution in [0.4, 0.5) is 5.69 Å². The summed E-state index contributed by atoms with van der Waals surface area (Å²) < 4.78 is 10.9. The molecule has 0 atom stereocenters. The van der Waals surface area contributed by atoms with Gasteiger partial charge in [0.05, 0.1) is 25.5 Å². The molecule has 15 heavy (non-hydrogen) atoms. The topological polar surface area (TPSA) is 30.5 Å². The molecule has 0 spiro atoms. The molecule has 0 saturated carbocycles. The van der Waals surface area contributed by atoms with Gasteiger partial charge >= 0.3 is 0 Å². The highest BCUT2D eigenvalue weighted by Gasteiger charge is 2.20. The summed E-state index contributed by atoms with van der Waals surface area (Å²) >= 11 is 0.